The fourth-order valence-electron chi connectivity index (χ4n) is 3.68. The molecule has 150 valence electrons. The number of benzene rings is 1. The molecule has 1 heterocycles. The van der Waals surface area contributed by atoms with Gasteiger partial charge in [0.2, 0.25) is 0 Å². The minimum absolute atomic E-state index is 0.0227. The second-order valence-corrected chi connectivity index (χ2v) is 8.36. The summed E-state index contributed by atoms with van der Waals surface area (Å²) in [5.41, 5.74) is -0.535. The first-order chi connectivity index (χ1) is 12.6. The second-order valence-electron chi connectivity index (χ2n) is 8.36. The third kappa shape index (κ3) is 5.01. The van der Waals surface area contributed by atoms with Crippen LogP contribution in [0.3, 0.4) is 0 Å². The summed E-state index contributed by atoms with van der Waals surface area (Å²) < 4.78 is 5.45. The van der Waals surface area contributed by atoms with Crippen LogP contribution in [-0.2, 0) is 9.53 Å². The number of nitrogens with zero attached hydrogens (tertiary/aromatic N) is 1. The van der Waals surface area contributed by atoms with Gasteiger partial charge in [-0.3, -0.25) is 4.79 Å². The fourth-order valence-corrected chi connectivity index (χ4v) is 3.68. The first-order valence-electron chi connectivity index (χ1n) is 9.61. The minimum Gasteiger partial charge on any atom is -0.481 e. The van der Waals surface area contributed by atoms with E-state index in [-0.39, 0.29) is 18.6 Å². The number of rotatable bonds is 5. The summed E-state index contributed by atoms with van der Waals surface area (Å²) in [6.45, 7) is 9.96. The van der Waals surface area contributed by atoms with Gasteiger partial charge in [-0.05, 0) is 46.1 Å². The molecule has 0 bridgehead atoms. The third-order valence-corrected chi connectivity index (χ3v) is 5.29. The van der Waals surface area contributed by atoms with Gasteiger partial charge < -0.3 is 20.1 Å². The molecule has 6 nitrogen and oxygen atoms in total. The van der Waals surface area contributed by atoms with Crippen molar-refractivity contribution in [2.24, 2.45) is 5.41 Å². The number of ether oxygens (including phenoxy) is 1. The lowest BCUT2D eigenvalue weighted by Crippen LogP contribution is -2.62. The highest BCUT2D eigenvalue weighted by molar-refractivity contribution is 5.78. The number of nitrogens with one attached hydrogen (secondary N) is 1. The number of carboxylic acid groups (broad SMARTS) is 1. The number of hydrogen-bond acceptors (Lipinski definition) is 4. The van der Waals surface area contributed by atoms with Gasteiger partial charge in [-0.2, -0.15) is 0 Å². The van der Waals surface area contributed by atoms with Gasteiger partial charge >= 0.3 is 12.1 Å². The Morgan fingerprint density at radius 2 is 1.96 bits per heavy atom. The molecule has 6 heteroatoms. The van der Waals surface area contributed by atoms with E-state index < -0.39 is 23.1 Å². The second kappa shape index (κ2) is 8.30. The first-order valence-corrected chi connectivity index (χ1v) is 9.61. The van der Waals surface area contributed by atoms with Gasteiger partial charge in [0.15, 0.2) is 0 Å². The fraction of sp³-hybridized carbons (Fsp3) is 0.619. The van der Waals surface area contributed by atoms with E-state index in [4.69, 9.17) is 4.74 Å². The maximum atomic E-state index is 12.5. The van der Waals surface area contributed by atoms with Crippen molar-refractivity contribution < 1.29 is 19.4 Å². The Kier molecular flexibility index (Phi) is 6.52. The molecule has 1 aromatic carbocycles. The Morgan fingerprint density at radius 3 is 2.48 bits per heavy atom. The Morgan fingerprint density at radius 1 is 1.33 bits per heavy atom. The van der Waals surface area contributed by atoms with Crippen LogP contribution in [0.5, 0.6) is 0 Å². The SMILES string of the molecule is CC[C@@]1(C(=O)O)CN(C(=O)OC(C)(C)C)CC[C@H]1N[C@H](C)c1ccccc1. The van der Waals surface area contributed by atoms with Crippen molar-refractivity contribution in [1.82, 2.24) is 10.2 Å². The van der Waals surface area contributed by atoms with E-state index in [2.05, 4.69) is 5.32 Å². The summed E-state index contributed by atoms with van der Waals surface area (Å²) in [5.74, 6) is -0.879. The van der Waals surface area contributed by atoms with E-state index in [0.717, 1.165) is 5.56 Å². The normalized spacial score (nSPS) is 24.3. The van der Waals surface area contributed by atoms with Crippen molar-refractivity contribution in [3.8, 4) is 0 Å². The molecule has 1 aromatic rings. The van der Waals surface area contributed by atoms with Gasteiger partial charge in [0, 0.05) is 25.2 Å². The highest BCUT2D eigenvalue weighted by Crippen LogP contribution is 2.36. The Balaban J connectivity index is 2.19. The van der Waals surface area contributed by atoms with Crippen molar-refractivity contribution in [2.45, 2.75) is 65.1 Å². The molecule has 1 aliphatic heterocycles. The van der Waals surface area contributed by atoms with Gasteiger partial charge in [0.25, 0.3) is 0 Å². The molecule has 0 aliphatic carbocycles. The lowest BCUT2D eigenvalue weighted by molar-refractivity contribution is -0.155. The van der Waals surface area contributed by atoms with E-state index in [1.54, 1.807) is 0 Å². The summed E-state index contributed by atoms with van der Waals surface area (Å²) in [4.78, 5) is 26.3. The van der Waals surface area contributed by atoms with Crippen molar-refractivity contribution in [3.05, 3.63) is 35.9 Å². The van der Waals surface area contributed by atoms with Crippen LogP contribution in [0, 0.1) is 5.41 Å². The largest absolute Gasteiger partial charge is 0.481 e. The summed E-state index contributed by atoms with van der Waals surface area (Å²) in [6, 6.07) is 9.77. The molecule has 0 unspecified atom stereocenters. The summed E-state index contributed by atoms with van der Waals surface area (Å²) in [6.07, 6.45) is 0.549. The first kappa shape index (κ1) is 21.2. The number of carboxylic acids is 1. The van der Waals surface area contributed by atoms with Crippen LogP contribution >= 0.6 is 0 Å². The molecule has 0 aromatic heterocycles. The number of hydrogen-bond donors (Lipinski definition) is 2. The van der Waals surface area contributed by atoms with Crippen molar-refractivity contribution >= 4 is 12.1 Å². The van der Waals surface area contributed by atoms with Crippen LogP contribution in [0.1, 0.15) is 59.1 Å². The highest BCUT2D eigenvalue weighted by atomic mass is 16.6. The molecule has 0 saturated carbocycles. The zero-order valence-corrected chi connectivity index (χ0v) is 17.0. The summed E-state index contributed by atoms with van der Waals surface area (Å²) >= 11 is 0. The van der Waals surface area contributed by atoms with Crippen LogP contribution in [-0.4, -0.2) is 46.8 Å². The zero-order valence-electron chi connectivity index (χ0n) is 17.0. The predicted octanol–water partition coefficient (Wildman–Crippen LogP) is 3.83. The van der Waals surface area contributed by atoms with E-state index in [1.165, 1.54) is 4.90 Å². The van der Waals surface area contributed by atoms with Crippen molar-refractivity contribution in [3.63, 3.8) is 0 Å². The lowest BCUT2D eigenvalue weighted by atomic mass is 9.73. The number of piperidine rings is 1. The van der Waals surface area contributed by atoms with Crippen LogP contribution in [0.4, 0.5) is 4.79 Å². The highest BCUT2D eigenvalue weighted by Gasteiger charge is 2.50. The number of carbonyl (C=O) groups is 2. The zero-order chi connectivity index (χ0) is 20.2. The molecular weight excluding hydrogens is 344 g/mol. The Labute approximate surface area is 161 Å². The van der Waals surface area contributed by atoms with Crippen LogP contribution < -0.4 is 5.32 Å². The summed E-state index contributed by atoms with van der Waals surface area (Å²) in [5, 5.41) is 13.6. The van der Waals surface area contributed by atoms with Gasteiger partial charge in [0.05, 0.1) is 0 Å². The number of carbonyl (C=O) groups excluding carboxylic acids is 1. The lowest BCUT2D eigenvalue weighted by Gasteiger charge is -2.46. The summed E-state index contributed by atoms with van der Waals surface area (Å²) in [7, 11) is 0. The van der Waals surface area contributed by atoms with Gasteiger partial charge in [-0.15, -0.1) is 0 Å². The van der Waals surface area contributed by atoms with Crippen LogP contribution in [0.15, 0.2) is 30.3 Å². The van der Waals surface area contributed by atoms with Crippen LogP contribution in [0.2, 0.25) is 0 Å². The molecule has 2 rings (SSSR count). The monoisotopic (exact) mass is 376 g/mol. The van der Waals surface area contributed by atoms with Gasteiger partial charge in [-0.25, -0.2) is 4.79 Å². The molecule has 0 radical (unpaired) electrons. The third-order valence-electron chi connectivity index (χ3n) is 5.29. The quantitative estimate of drug-likeness (QED) is 0.816. The van der Waals surface area contributed by atoms with E-state index in [9.17, 15) is 14.7 Å². The molecular formula is C21H32N2O4. The average Bonchev–Trinajstić information content (AvgIpc) is 2.61. The Bertz CT molecular complexity index is 656. The molecule has 1 fully saturated rings. The smallest absolute Gasteiger partial charge is 0.410 e. The topological polar surface area (TPSA) is 78.9 Å². The Hall–Kier alpha value is -2.08. The predicted molar refractivity (Wildman–Crippen MR) is 105 cm³/mol. The molecule has 2 N–H and O–H groups in total. The number of likely N-dealkylation sites (tertiary alicyclic amines) is 1. The molecule has 1 aliphatic rings. The molecule has 1 saturated heterocycles. The van der Waals surface area contributed by atoms with Gasteiger partial charge in [0.1, 0.15) is 11.0 Å². The number of amides is 1. The van der Waals surface area contributed by atoms with Crippen molar-refractivity contribution in [2.75, 3.05) is 13.1 Å². The molecule has 3 atom stereocenters. The molecule has 1 amide bonds. The number of aliphatic carboxylic acids is 1. The van der Waals surface area contributed by atoms with Gasteiger partial charge in [-0.1, -0.05) is 37.3 Å². The molecule has 0 spiro atoms. The minimum atomic E-state index is -1.04. The van der Waals surface area contributed by atoms with Crippen molar-refractivity contribution in [1.29, 1.82) is 0 Å². The van der Waals surface area contributed by atoms with E-state index in [0.29, 0.717) is 19.4 Å². The molecule has 27 heavy (non-hydrogen) atoms. The maximum Gasteiger partial charge on any atom is 0.410 e. The van der Waals surface area contributed by atoms with E-state index >= 15 is 0 Å². The standard InChI is InChI=1S/C21H32N2O4/c1-6-21(18(24)25)14-23(19(26)27-20(3,4)5)13-12-17(21)22-15(2)16-10-8-7-9-11-16/h7-11,15,17,22H,6,12-14H2,1-5H3,(H,24,25)/t15-,17-,21-/m1/s1. The van der Waals surface area contributed by atoms with Crippen LogP contribution in [0.25, 0.3) is 0 Å². The van der Waals surface area contributed by atoms with E-state index in [1.807, 2.05) is 65.0 Å². The maximum absolute atomic E-state index is 12.5. The average molecular weight is 376 g/mol.